The first kappa shape index (κ1) is 16.6. The van der Waals surface area contributed by atoms with Gasteiger partial charge in [-0.05, 0) is 31.9 Å². The fraction of sp³-hybridized carbons (Fsp3) is 0.533. The van der Waals surface area contributed by atoms with Gasteiger partial charge in [-0.2, -0.15) is 0 Å². The fourth-order valence-electron chi connectivity index (χ4n) is 1.98. The van der Waals surface area contributed by atoms with Crippen LogP contribution < -0.4 is 15.4 Å². The Kier molecular flexibility index (Phi) is 6.65. The number of hydrogen-bond acceptors (Lipinski definition) is 3. The van der Waals surface area contributed by atoms with Gasteiger partial charge in [0.15, 0.2) is 0 Å². The van der Waals surface area contributed by atoms with Gasteiger partial charge in [-0.25, -0.2) is 0 Å². The Bertz CT molecular complexity index is 463. The third-order valence-electron chi connectivity index (χ3n) is 3.05. The number of ether oxygens (including phenoxy) is 1. The van der Waals surface area contributed by atoms with Crippen LogP contribution in [0.5, 0.6) is 5.75 Å². The summed E-state index contributed by atoms with van der Waals surface area (Å²) in [4.78, 5) is 11.8. The van der Waals surface area contributed by atoms with Crippen LogP contribution in [0.2, 0.25) is 5.02 Å². The molecule has 20 heavy (non-hydrogen) atoms. The summed E-state index contributed by atoms with van der Waals surface area (Å²) in [5.74, 6) is 0.607. The lowest BCUT2D eigenvalue weighted by molar-refractivity contribution is -0.120. The van der Waals surface area contributed by atoms with Gasteiger partial charge in [-0.15, -0.1) is 0 Å². The largest absolute Gasteiger partial charge is 0.495 e. The third-order valence-corrected chi connectivity index (χ3v) is 3.46. The summed E-state index contributed by atoms with van der Waals surface area (Å²) in [7, 11) is 1.58. The third kappa shape index (κ3) is 4.93. The zero-order valence-electron chi connectivity index (χ0n) is 12.5. The van der Waals surface area contributed by atoms with Crippen LogP contribution in [-0.4, -0.2) is 25.6 Å². The Morgan fingerprint density at radius 2 is 2.15 bits per heavy atom. The summed E-state index contributed by atoms with van der Waals surface area (Å²) in [6.45, 7) is 6.23. The normalized spacial score (nSPS) is 11.8. The van der Waals surface area contributed by atoms with Crippen molar-refractivity contribution in [2.45, 2.75) is 39.7 Å². The second kappa shape index (κ2) is 8.00. The highest BCUT2D eigenvalue weighted by Crippen LogP contribution is 2.30. The van der Waals surface area contributed by atoms with Gasteiger partial charge < -0.3 is 15.4 Å². The Balaban J connectivity index is 2.61. The summed E-state index contributed by atoms with van der Waals surface area (Å²) in [6, 6.07) is 3.82. The first-order valence-corrected chi connectivity index (χ1v) is 7.23. The van der Waals surface area contributed by atoms with E-state index in [1.54, 1.807) is 13.2 Å². The Morgan fingerprint density at radius 3 is 2.75 bits per heavy atom. The SMILES string of the molecule is CCCC(C)NC(=O)CNc1cc(C)c(Cl)cc1OC. The number of halogens is 1. The molecular formula is C15H23ClN2O2. The number of nitrogens with one attached hydrogen (secondary N) is 2. The predicted molar refractivity (Wildman–Crippen MR) is 83.7 cm³/mol. The Hall–Kier alpha value is -1.42. The Morgan fingerprint density at radius 1 is 1.45 bits per heavy atom. The molecule has 0 fully saturated rings. The van der Waals surface area contributed by atoms with Crippen LogP contribution in [0.15, 0.2) is 12.1 Å². The number of anilines is 1. The van der Waals surface area contributed by atoms with Gasteiger partial charge in [-0.3, -0.25) is 4.79 Å². The van der Waals surface area contributed by atoms with Crippen molar-refractivity contribution >= 4 is 23.2 Å². The average Bonchev–Trinajstić information content (AvgIpc) is 2.39. The van der Waals surface area contributed by atoms with E-state index in [0.29, 0.717) is 10.8 Å². The summed E-state index contributed by atoms with van der Waals surface area (Å²) < 4.78 is 5.25. The van der Waals surface area contributed by atoms with E-state index in [-0.39, 0.29) is 18.5 Å². The van der Waals surface area contributed by atoms with Crippen molar-refractivity contribution < 1.29 is 9.53 Å². The van der Waals surface area contributed by atoms with Crippen molar-refractivity contribution in [2.75, 3.05) is 19.0 Å². The summed E-state index contributed by atoms with van der Waals surface area (Å²) in [6.07, 6.45) is 2.04. The number of carbonyl (C=O) groups is 1. The molecule has 0 aliphatic heterocycles. The molecule has 1 aromatic rings. The molecule has 0 saturated heterocycles. The number of methoxy groups -OCH3 is 1. The Labute approximate surface area is 125 Å². The van der Waals surface area contributed by atoms with Crippen LogP contribution in [0, 0.1) is 6.92 Å². The number of aryl methyl sites for hydroxylation is 1. The molecule has 1 unspecified atom stereocenters. The summed E-state index contributed by atoms with van der Waals surface area (Å²) in [5, 5.41) is 6.68. The number of amides is 1. The van der Waals surface area contributed by atoms with Gasteiger partial charge in [0.05, 0.1) is 19.3 Å². The zero-order chi connectivity index (χ0) is 15.1. The summed E-state index contributed by atoms with van der Waals surface area (Å²) >= 11 is 6.04. The molecule has 0 spiro atoms. The molecule has 0 bridgehead atoms. The van der Waals surface area contributed by atoms with E-state index in [1.165, 1.54) is 0 Å². The number of benzene rings is 1. The smallest absolute Gasteiger partial charge is 0.239 e. The molecule has 1 atom stereocenters. The first-order valence-electron chi connectivity index (χ1n) is 6.85. The molecule has 0 saturated carbocycles. The minimum absolute atomic E-state index is 0.0272. The lowest BCUT2D eigenvalue weighted by Gasteiger charge is -2.15. The van der Waals surface area contributed by atoms with Crippen LogP contribution in [-0.2, 0) is 4.79 Å². The molecule has 0 heterocycles. The maximum Gasteiger partial charge on any atom is 0.239 e. The molecule has 0 aliphatic carbocycles. The molecule has 2 N–H and O–H groups in total. The van der Waals surface area contributed by atoms with Crippen LogP contribution in [0.3, 0.4) is 0 Å². The maximum absolute atomic E-state index is 11.8. The van der Waals surface area contributed by atoms with Crippen LogP contribution >= 0.6 is 11.6 Å². The molecule has 0 aromatic heterocycles. The molecular weight excluding hydrogens is 276 g/mol. The maximum atomic E-state index is 11.8. The highest BCUT2D eigenvalue weighted by Gasteiger charge is 2.10. The fourth-order valence-corrected chi connectivity index (χ4v) is 2.13. The van der Waals surface area contributed by atoms with Crippen molar-refractivity contribution in [1.29, 1.82) is 0 Å². The monoisotopic (exact) mass is 298 g/mol. The minimum Gasteiger partial charge on any atom is -0.495 e. The molecule has 1 amide bonds. The van der Waals surface area contributed by atoms with Crippen LogP contribution in [0.4, 0.5) is 5.69 Å². The van der Waals surface area contributed by atoms with Crippen molar-refractivity contribution in [3.63, 3.8) is 0 Å². The molecule has 112 valence electrons. The highest BCUT2D eigenvalue weighted by molar-refractivity contribution is 6.31. The van der Waals surface area contributed by atoms with E-state index in [0.717, 1.165) is 24.1 Å². The van der Waals surface area contributed by atoms with E-state index in [9.17, 15) is 4.79 Å². The predicted octanol–water partition coefficient (Wildman–Crippen LogP) is 3.37. The second-order valence-electron chi connectivity index (χ2n) is 4.91. The van der Waals surface area contributed by atoms with E-state index in [4.69, 9.17) is 16.3 Å². The number of hydrogen-bond donors (Lipinski definition) is 2. The van der Waals surface area contributed by atoms with Crippen molar-refractivity contribution in [3.05, 3.63) is 22.7 Å². The molecule has 1 aromatic carbocycles. The van der Waals surface area contributed by atoms with E-state index in [2.05, 4.69) is 17.6 Å². The minimum atomic E-state index is -0.0272. The highest BCUT2D eigenvalue weighted by atomic mass is 35.5. The summed E-state index contributed by atoms with van der Waals surface area (Å²) in [5.41, 5.74) is 1.71. The molecule has 1 rings (SSSR count). The zero-order valence-corrected chi connectivity index (χ0v) is 13.3. The van der Waals surface area contributed by atoms with Gasteiger partial charge in [0, 0.05) is 17.1 Å². The van der Waals surface area contributed by atoms with Gasteiger partial charge in [0.25, 0.3) is 0 Å². The molecule has 4 nitrogen and oxygen atoms in total. The van der Waals surface area contributed by atoms with Crippen LogP contribution in [0.25, 0.3) is 0 Å². The van der Waals surface area contributed by atoms with Gasteiger partial charge in [0.1, 0.15) is 5.75 Å². The quantitative estimate of drug-likeness (QED) is 0.811. The van der Waals surface area contributed by atoms with Crippen molar-refractivity contribution in [2.24, 2.45) is 0 Å². The van der Waals surface area contributed by atoms with Crippen molar-refractivity contribution in [3.8, 4) is 5.75 Å². The van der Waals surface area contributed by atoms with Crippen LogP contribution in [0.1, 0.15) is 32.3 Å². The average molecular weight is 299 g/mol. The standard InChI is InChI=1S/C15H23ClN2O2/c1-5-6-11(3)18-15(19)9-17-13-7-10(2)12(16)8-14(13)20-4/h7-8,11,17H,5-6,9H2,1-4H3,(H,18,19). The second-order valence-corrected chi connectivity index (χ2v) is 5.32. The number of rotatable bonds is 7. The van der Waals surface area contributed by atoms with E-state index >= 15 is 0 Å². The first-order chi connectivity index (χ1) is 9.47. The van der Waals surface area contributed by atoms with Crippen molar-refractivity contribution in [1.82, 2.24) is 5.32 Å². The lowest BCUT2D eigenvalue weighted by Crippen LogP contribution is -2.36. The molecule has 0 aliphatic rings. The van der Waals surface area contributed by atoms with Gasteiger partial charge >= 0.3 is 0 Å². The van der Waals surface area contributed by atoms with E-state index < -0.39 is 0 Å². The van der Waals surface area contributed by atoms with E-state index in [1.807, 2.05) is 19.9 Å². The molecule has 0 radical (unpaired) electrons. The molecule has 5 heteroatoms. The lowest BCUT2D eigenvalue weighted by atomic mass is 10.2. The van der Waals surface area contributed by atoms with Gasteiger partial charge in [0.2, 0.25) is 5.91 Å². The number of carbonyl (C=O) groups excluding carboxylic acids is 1. The van der Waals surface area contributed by atoms with Gasteiger partial charge in [-0.1, -0.05) is 24.9 Å². The topological polar surface area (TPSA) is 50.4 Å².